The SMILES string of the molecule is O=C(O)[C@H]1[C@@H]2C=C[C@@H]([C@@H]3C[C@H]23)[C@@H]1C(=O)Nc1ccc(F)cc1. The predicted octanol–water partition coefficient (Wildman–Crippen LogP) is 2.53. The first kappa shape index (κ1) is 13.5. The highest BCUT2D eigenvalue weighted by molar-refractivity contribution is 5.96. The Morgan fingerprint density at radius 2 is 1.64 bits per heavy atom. The molecule has 0 heterocycles. The van der Waals surface area contributed by atoms with Gasteiger partial charge in [0.15, 0.2) is 0 Å². The number of rotatable bonds is 3. The molecular weight excluding hydrogens is 285 g/mol. The van der Waals surface area contributed by atoms with Crippen LogP contribution >= 0.6 is 0 Å². The lowest BCUT2D eigenvalue weighted by molar-refractivity contribution is -0.152. The topological polar surface area (TPSA) is 66.4 Å². The van der Waals surface area contributed by atoms with E-state index in [1.54, 1.807) is 0 Å². The molecule has 4 aliphatic rings. The van der Waals surface area contributed by atoms with Crippen molar-refractivity contribution in [3.63, 3.8) is 0 Å². The van der Waals surface area contributed by atoms with Crippen LogP contribution in [0, 0.1) is 41.3 Å². The Balaban J connectivity index is 1.60. The average molecular weight is 301 g/mol. The monoisotopic (exact) mass is 301 g/mol. The van der Waals surface area contributed by atoms with Crippen LogP contribution in [0.25, 0.3) is 0 Å². The number of nitrogens with one attached hydrogen (secondary N) is 1. The second-order valence-electron chi connectivity index (χ2n) is 6.49. The normalized spacial score (nSPS) is 37.5. The molecule has 0 aliphatic heterocycles. The number of allylic oxidation sites excluding steroid dienone is 2. The number of fused-ring (bicyclic) bond motifs is 1. The van der Waals surface area contributed by atoms with E-state index in [9.17, 15) is 19.1 Å². The van der Waals surface area contributed by atoms with E-state index in [-0.39, 0.29) is 23.6 Å². The van der Waals surface area contributed by atoms with Crippen molar-refractivity contribution in [1.29, 1.82) is 0 Å². The van der Waals surface area contributed by atoms with Crippen molar-refractivity contribution >= 4 is 17.6 Å². The van der Waals surface area contributed by atoms with E-state index in [0.29, 0.717) is 17.5 Å². The molecule has 1 amide bonds. The molecule has 1 aromatic rings. The van der Waals surface area contributed by atoms with Crippen molar-refractivity contribution in [2.24, 2.45) is 35.5 Å². The van der Waals surface area contributed by atoms with Gasteiger partial charge in [0.1, 0.15) is 5.82 Å². The number of hydrogen-bond donors (Lipinski definition) is 2. The van der Waals surface area contributed by atoms with E-state index in [4.69, 9.17) is 0 Å². The summed E-state index contributed by atoms with van der Waals surface area (Å²) in [7, 11) is 0. The van der Waals surface area contributed by atoms with E-state index in [0.717, 1.165) is 6.42 Å². The summed E-state index contributed by atoms with van der Waals surface area (Å²) in [5, 5.41) is 12.3. The number of carbonyl (C=O) groups is 2. The Bertz CT molecular complexity index is 669. The molecule has 22 heavy (non-hydrogen) atoms. The zero-order valence-corrected chi connectivity index (χ0v) is 11.8. The fraction of sp³-hybridized carbons (Fsp3) is 0.412. The summed E-state index contributed by atoms with van der Waals surface area (Å²) >= 11 is 0. The maximum atomic E-state index is 12.9. The summed E-state index contributed by atoms with van der Waals surface area (Å²) in [6.45, 7) is 0. The lowest BCUT2D eigenvalue weighted by Gasteiger charge is -2.41. The minimum Gasteiger partial charge on any atom is -0.481 e. The molecule has 114 valence electrons. The number of benzene rings is 1. The highest BCUT2D eigenvalue weighted by Gasteiger charge is 2.62. The Hall–Kier alpha value is -2.17. The van der Waals surface area contributed by atoms with E-state index >= 15 is 0 Å². The molecule has 4 aliphatic carbocycles. The van der Waals surface area contributed by atoms with Crippen molar-refractivity contribution in [2.45, 2.75) is 6.42 Å². The Kier molecular flexibility index (Phi) is 2.86. The first-order valence-electron chi connectivity index (χ1n) is 7.54. The van der Waals surface area contributed by atoms with Crippen LogP contribution in [0.2, 0.25) is 0 Å². The van der Waals surface area contributed by atoms with E-state index in [1.165, 1.54) is 24.3 Å². The Labute approximate surface area is 127 Å². The van der Waals surface area contributed by atoms with Gasteiger partial charge in [-0.25, -0.2) is 4.39 Å². The highest BCUT2D eigenvalue weighted by Crippen LogP contribution is 2.63. The second-order valence-corrected chi connectivity index (χ2v) is 6.49. The summed E-state index contributed by atoms with van der Waals surface area (Å²) in [6, 6.07) is 5.52. The van der Waals surface area contributed by atoms with E-state index in [1.807, 2.05) is 12.2 Å². The van der Waals surface area contributed by atoms with Gasteiger partial charge < -0.3 is 10.4 Å². The van der Waals surface area contributed by atoms with Gasteiger partial charge in [-0.05, 0) is 54.4 Å². The molecule has 2 bridgehead atoms. The summed E-state index contributed by atoms with van der Waals surface area (Å²) < 4.78 is 12.9. The minimum absolute atomic E-state index is 0.0107. The maximum Gasteiger partial charge on any atom is 0.307 e. The number of amides is 1. The minimum atomic E-state index is -0.899. The van der Waals surface area contributed by atoms with E-state index in [2.05, 4.69) is 5.32 Å². The fourth-order valence-electron chi connectivity index (χ4n) is 4.33. The molecule has 5 heteroatoms. The number of anilines is 1. The fourth-order valence-corrected chi connectivity index (χ4v) is 4.33. The molecule has 2 fully saturated rings. The van der Waals surface area contributed by atoms with Gasteiger partial charge in [0, 0.05) is 5.69 Å². The third-order valence-electron chi connectivity index (χ3n) is 5.35. The predicted molar refractivity (Wildman–Crippen MR) is 77.4 cm³/mol. The lowest BCUT2D eigenvalue weighted by Crippen LogP contribution is -2.48. The van der Waals surface area contributed by atoms with Crippen LogP contribution in [0.1, 0.15) is 6.42 Å². The molecule has 0 radical (unpaired) electrons. The largest absolute Gasteiger partial charge is 0.481 e. The molecular formula is C17H16FNO3. The van der Waals surface area contributed by atoms with Crippen LogP contribution in [0.5, 0.6) is 0 Å². The maximum absolute atomic E-state index is 12.9. The average Bonchev–Trinajstić information content (AvgIpc) is 3.30. The first-order chi connectivity index (χ1) is 10.6. The molecule has 2 saturated carbocycles. The second kappa shape index (κ2) is 4.66. The molecule has 0 spiro atoms. The van der Waals surface area contributed by atoms with Crippen molar-refractivity contribution in [3.8, 4) is 0 Å². The van der Waals surface area contributed by atoms with Gasteiger partial charge >= 0.3 is 5.97 Å². The Morgan fingerprint density at radius 1 is 1.05 bits per heavy atom. The quantitative estimate of drug-likeness (QED) is 0.843. The molecule has 2 N–H and O–H groups in total. The lowest BCUT2D eigenvalue weighted by atomic mass is 9.62. The molecule has 0 saturated heterocycles. The molecule has 1 aromatic carbocycles. The zero-order valence-electron chi connectivity index (χ0n) is 11.8. The molecule has 0 unspecified atom stereocenters. The van der Waals surface area contributed by atoms with Crippen molar-refractivity contribution in [3.05, 3.63) is 42.2 Å². The summed E-state index contributed by atoms with van der Waals surface area (Å²) in [6.07, 6.45) is 5.03. The Morgan fingerprint density at radius 3 is 2.23 bits per heavy atom. The molecule has 6 atom stereocenters. The van der Waals surface area contributed by atoms with Crippen LogP contribution in [0.3, 0.4) is 0 Å². The highest BCUT2D eigenvalue weighted by atomic mass is 19.1. The first-order valence-corrected chi connectivity index (χ1v) is 7.54. The van der Waals surface area contributed by atoms with Crippen LogP contribution in [-0.2, 0) is 9.59 Å². The third kappa shape index (κ3) is 1.95. The van der Waals surface area contributed by atoms with Crippen LogP contribution in [0.4, 0.5) is 10.1 Å². The van der Waals surface area contributed by atoms with Crippen molar-refractivity contribution in [2.75, 3.05) is 5.32 Å². The van der Waals surface area contributed by atoms with Crippen LogP contribution in [0.15, 0.2) is 36.4 Å². The number of hydrogen-bond acceptors (Lipinski definition) is 2. The zero-order chi connectivity index (χ0) is 15.4. The number of aliphatic carboxylic acids is 1. The van der Waals surface area contributed by atoms with Gasteiger partial charge in [0.05, 0.1) is 11.8 Å². The smallest absolute Gasteiger partial charge is 0.307 e. The van der Waals surface area contributed by atoms with Gasteiger partial charge in [0.25, 0.3) is 0 Å². The number of halogens is 1. The van der Waals surface area contributed by atoms with E-state index < -0.39 is 17.8 Å². The number of carbonyl (C=O) groups excluding carboxylic acids is 1. The van der Waals surface area contributed by atoms with Gasteiger partial charge in [-0.1, -0.05) is 12.2 Å². The standard InChI is InChI=1S/C17H16FNO3/c18-8-1-3-9(4-2-8)19-16(20)14-10-5-6-11(13-7-12(10)13)15(14)17(21)22/h1-6,10-15H,7H2,(H,19,20)(H,21,22)/t10-,11+,12-,13+,14-,15-/m0/s1. The summed E-state index contributed by atoms with van der Waals surface area (Å²) in [5.74, 6) is -1.87. The van der Waals surface area contributed by atoms with Crippen LogP contribution < -0.4 is 5.32 Å². The van der Waals surface area contributed by atoms with Gasteiger partial charge in [-0.15, -0.1) is 0 Å². The van der Waals surface area contributed by atoms with Crippen molar-refractivity contribution in [1.82, 2.24) is 0 Å². The van der Waals surface area contributed by atoms with Gasteiger partial charge in [-0.3, -0.25) is 9.59 Å². The third-order valence-corrected chi connectivity index (χ3v) is 5.35. The van der Waals surface area contributed by atoms with Crippen LogP contribution in [-0.4, -0.2) is 17.0 Å². The van der Waals surface area contributed by atoms with Crippen molar-refractivity contribution < 1.29 is 19.1 Å². The molecule has 4 nitrogen and oxygen atoms in total. The number of carboxylic acid groups (broad SMARTS) is 1. The number of carboxylic acids is 1. The molecule has 0 aromatic heterocycles. The summed E-state index contributed by atoms with van der Waals surface area (Å²) in [5.41, 5.74) is 0.494. The van der Waals surface area contributed by atoms with Gasteiger partial charge in [0.2, 0.25) is 5.91 Å². The van der Waals surface area contributed by atoms with Gasteiger partial charge in [-0.2, -0.15) is 0 Å². The summed E-state index contributed by atoms with van der Waals surface area (Å²) in [4.78, 5) is 24.3. The molecule has 5 rings (SSSR count).